The number of hydrogen-bond donors (Lipinski definition) is 3. The first-order valence-corrected chi connectivity index (χ1v) is 6.75. The van der Waals surface area contributed by atoms with Crippen molar-refractivity contribution in [3.8, 4) is 0 Å². The lowest BCUT2D eigenvalue weighted by Crippen LogP contribution is -2.18. The summed E-state index contributed by atoms with van der Waals surface area (Å²) in [7, 11) is 0. The first-order valence-electron chi connectivity index (χ1n) is 5.95. The molecule has 0 aliphatic rings. The summed E-state index contributed by atoms with van der Waals surface area (Å²) >= 11 is 3.42. The molecule has 0 bridgehead atoms. The van der Waals surface area contributed by atoms with E-state index in [1.165, 1.54) is 0 Å². The molecule has 1 aromatic rings. The largest absolute Gasteiger partial charge is 0.398 e. The van der Waals surface area contributed by atoms with E-state index < -0.39 is 5.91 Å². The van der Waals surface area contributed by atoms with E-state index in [1.54, 1.807) is 12.1 Å². The van der Waals surface area contributed by atoms with Gasteiger partial charge in [-0.15, -0.1) is 0 Å². The fourth-order valence-electron chi connectivity index (χ4n) is 1.44. The third-order valence-corrected chi connectivity index (χ3v) is 3.81. The molecule has 0 aliphatic carbocycles. The van der Waals surface area contributed by atoms with Gasteiger partial charge >= 0.3 is 0 Å². The van der Waals surface area contributed by atoms with Crippen molar-refractivity contribution < 1.29 is 4.79 Å². The molecule has 0 spiro atoms. The van der Waals surface area contributed by atoms with Gasteiger partial charge in [-0.25, -0.2) is 0 Å². The smallest absolute Gasteiger partial charge is 0.250 e. The summed E-state index contributed by atoms with van der Waals surface area (Å²) in [5.74, 6) is 0.618. The Hall–Kier alpha value is -1.23. The normalized spacial score (nSPS) is 12.5. The van der Waals surface area contributed by atoms with E-state index >= 15 is 0 Å². The number of nitrogen functional groups attached to an aromatic ring is 1. The highest BCUT2D eigenvalue weighted by Crippen LogP contribution is 2.28. The highest BCUT2D eigenvalue weighted by Gasteiger charge is 2.12. The van der Waals surface area contributed by atoms with Gasteiger partial charge in [0.1, 0.15) is 0 Å². The number of benzene rings is 1. The van der Waals surface area contributed by atoms with Crippen molar-refractivity contribution in [3.05, 3.63) is 22.2 Å². The summed E-state index contributed by atoms with van der Waals surface area (Å²) in [6.45, 7) is 7.37. The average molecular weight is 314 g/mol. The Morgan fingerprint density at radius 2 is 2.00 bits per heavy atom. The van der Waals surface area contributed by atoms with Gasteiger partial charge in [-0.3, -0.25) is 4.79 Å². The minimum atomic E-state index is -0.514. The second-order valence-corrected chi connectivity index (χ2v) is 5.74. The van der Waals surface area contributed by atoms with Crippen LogP contribution in [0.15, 0.2) is 16.6 Å². The van der Waals surface area contributed by atoms with Gasteiger partial charge in [-0.2, -0.15) is 0 Å². The van der Waals surface area contributed by atoms with Crippen LogP contribution in [0.25, 0.3) is 0 Å². The van der Waals surface area contributed by atoms with Crippen LogP contribution in [0.1, 0.15) is 31.1 Å². The number of amides is 1. The molecule has 0 aliphatic heterocycles. The molecule has 4 nitrogen and oxygen atoms in total. The van der Waals surface area contributed by atoms with Crippen LogP contribution in [-0.4, -0.2) is 12.5 Å². The van der Waals surface area contributed by atoms with Gasteiger partial charge in [0.25, 0.3) is 5.91 Å². The highest BCUT2D eigenvalue weighted by molar-refractivity contribution is 9.10. The Labute approximate surface area is 116 Å². The molecule has 0 fully saturated rings. The molecule has 5 N–H and O–H groups in total. The van der Waals surface area contributed by atoms with Crippen LogP contribution in [0, 0.1) is 11.8 Å². The van der Waals surface area contributed by atoms with Gasteiger partial charge in [0.05, 0.1) is 5.56 Å². The maximum Gasteiger partial charge on any atom is 0.250 e. The van der Waals surface area contributed by atoms with Crippen LogP contribution >= 0.6 is 15.9 Å². The zero-order valence-corrected chi connectivity index (χ0v) is 12.5. The van der Waals surface area contributed by atoms with Gasteiger partial charge in [-0.1, -0.05) is 20.8 Å². The SMILES string of the molecule is CC(C)C(C)CNc1cc(C(N)=O)c(N)cc1Br. The molecule has 1 atom stereocenters. The van der Waals surface area contributed by atoms with E-state index in [0.717, 1.165) is 16.7 Å². The van der Waals surface area contributed by atoms with Crippen LogP contribution in [0.4, 0.5) is 11.4 Å². The summed E-state index contributed by atoms with van der Waals surface area (Å²) in [5, 5.41) is 3.31. The van der Waals surface area contributed by atoms with E-state index in [2.05, 4.69) is 42.0 Å². The molecule has 0 saturated carbocycles. The zero-order valence-electron chi connectivity index (χ0n) is 11.0. The first kappa shape index (κ1) is 14.8. The molecule has 0 heterocycles. The fourth-order valence-corrected chi connectivity index (χ4v) is 1.95. The Bertz CT molecular complexity index is 446. The predicted octanol–water partition coefficient (Wildman–Crippen LogP) is 2.83. The van der Waals surface area contributed by atoms with Gasteiger partial charge in [0, 0.05) is 22.4 Å². The second-order valence-electron chi connectivity index (χ2n) is 4.89. The Balaban J connectivity index is 2.89. The van der Waals surface area contributed by atoms with Crippen molar-refractivity contribution in [3.63, 3.8) is 0 Å². The fraction of sp³-hybridized carbons (Fsp3) is 0.462. The Morgan fingerprint density at radius 3 is 2.50 bits per heavy atom. The monoisotopic (exact) mass is 313 g/mol. The van der Waals surface area contributed by atoms with Gasteiger partial charge in [0.15, 0.2) is 0 Å². The van der Waals surface area contributed by atoms with E-state index in [-0.39, 0.29) is 0 Å². The summed E-state index contributed by atoms with van der Waals surface area (Å²) in [4.78, 5) is 11.2. The van der Waals surface area contributed by atoms with Crippen LogP contribution in [-0.2, 0) is 0 Å². The zero-order chi connectivity index (χ0) is 13.9. The topological polar surface area (TPSA) is 81.1 Å². The molecule has 0 saturated heterocycles. The minimum Gasteiger partial charge on any atom is -0.398 e. The maximum atomic E-state index is 11.2. The van der Waals surface area contributed by atoms with Gasteiger partial charge in [0.2, 0.25) is 0 Å². The lowest BCUT2D eigenvalue weighted by molar-refractivity contribution is 0.100. The number of carbonyl (C=O) groups excluding carboxylic acids is 1. The quantitative estimate of drug-likeness (QED) is 0.731. The maximum absolute atomic E-state index is 11.2. The Morgan fingerprint density at radius 1 is 1.39 bits per heavy atom. The van der Waals surface area contributed by atoms with Crippen molar-refractivity contribution >= 4 is 33.2 Å². The summed E-state index contributed by atoms with van der Waals surface area (Å²) in [6.07, 6.45) is 0. The minimum absolute atomic E-state index is 0.345. The van der Waals surface area contributed by atoms with Crippen molar-refractivity contribution in [2.45, 2.75) is 20.8 Å². The van der Waals surface area contributed by atoms with Crippen LogP contribution in [0.2, 0.25) is 0 Å². The summed E-state index contributed by atoms with van der Waals surface area (Å²) in [5.41, 5.74) is 12.6. The summed E-state index contributed by atoms with van der Waals surface area (Å²) < 4.78 is 0.834. The van der Waals surface area contributed by atoms with E-state index in [1.807, 2.05) is 0 Å². The second kappa shape index (κ2) is 6.09. The van der Waals surface area contributed by atoms with Crippen molar-refractivity contribution in [2.75, 3.05) is 17.6 Å². The molecule has 5 heteroatoms. The van der Waals surface area contributed by atoms with Gasteiger partial charge in [-0.05, 0) is 39.9 Å². The lowest BCUT2D eigenvalue weighted by atomic mass is 9.98. The summed E-state index contributed by atoms with van der Waals surface area (Å²) in [6, 6.07) is 3.39. The van der Waals surface area contributed by atoms with Crippen molar-refractivity contribution in [1.29, 1.82) is 0 Å². The number of anilines is 2. The molecule has 0 aromatic heterocycles. The van der Waals surface area contributed by atoms with Crippen LogP contribution in [0.5, 0.6) is 0 Å². The molecular formula is C13H20BrN3O. The highest BCUT2D eigenvalue weighted by atomic mass is 79.9. The molecule has 0 radical (unpaired) electrons. The lowest BCUT2D eigenvalue weighted by Gasteiger charge is -2.18. The number of nitrogens with one attached hydrogen (secondary N) is 1. The van der Waals surface area contributed by atoms with Crippen molar-refractivity contribution in [1.82, 2.24) is 0 Å². The molecular weight excluding hydrogens is 294 g/mol. The number of primary amides is 1. The van der Waals surface area contributed by atoms with Crippen LogP contribution in [0.3, 0.4) is 0 Å². The Kier molecular flexibility index (Phi) is 5.02. The molecule has 1 amide bonds. The van der Waals surface area contributed by atoms with Crippen LogP contribution < -0.4 is 16.8 Å². The third kappa shape index (κ3) is 3.63. The van der Waals surface area contributed by atoms with E-state index in [4.69, 9.17) is 11.5 Å². The predicted molar refractivity (Wildman–Crippen MR) is 79.6 cm³/mol. The molecule has 1 aromatic carbocycles. The number of carbonyl (C=O) groups is 1. The third-order valence-electron chi connectivity index (χ3n) is 3.16. The molecule has 1 rings (SSSR count). The van der Waals surface area contributed by atoms with E-state index in [0.29, 0.717) is 23.1 Å². The van der Waals surface area contributed by atoms with Gasteiger partial charge < -0.3 is 16.8 Å². The number of hydrogen-bond acceptors (Lipinski definition) is 3. The van der Waals surface area contributed by atoms with E-state index in [9.17, 15) is 4.79 Å². The molecule has 18 heavy (non-hydrogen) atoms. The average Bonchev–Trinajstić information content (AvgIpc) is 2.26. The van der Waals surface area contributed by atoms with Crippen molar-refractivity contribution in [2.24, 2.45) is 17.6 Å². The molecule has 100 valence electrons. The number of rotatable bonds is 5. The number of halogens is 1. The number of nitrogens with two attached hydrogens (primary N) is 2. The standard InChI is InChI=1S/C13H20BrN3O/c1-7(2)8(3)6-17-12-4-9(13(16)18)11(15)5-10(12)14/h4-5,7-8,17H,6,15H2,1-3H3,(H2,16,18). The molecule has 1 unspecified atom stereocenters. The first-order chi connectivity index (χ1) is 8.32.